The average Bonchev–Trinajstić information content (AvgIpc) is 2.70. The second-order valence-corrected chi connectivity index (χ2v) is 6.82. The van der Waals surface area contributed by atoms with Crippen molar-refractivity contribution in [1.29, 1.82) is 0 Å². The molecule has 2 rings (SSSR count). The minimum Gasteiger partial charge on any atom is -0.466 e. The van der Waals surface area contributed by atoms with Crippen molar-refractivity contribution < 1.29 is 14.3 Å². The van der Waals surface area contributed by atoms with Crippen molar-refractivity contribution in [3.63, 3.8) is 0 Å². The van der Waals surface area contributed by atoms with Gasteiger partial charge in [0.15, 0.2) is 0 Å². The zero-order valence-electron chi connectivity index (χ0n) is 16.6. The van der Waals surface area contributed by atoms with Gasteiger partial charge >= 0.3 is 0 Å². The molecular weight excluding hydrogens is 348 g/mol. The van der Waals surface area contributed by atoms with E-state index in [1.807, 2.05) is 36.4 Å². The maximum Gasteiger partial charge on any atom is 0.132 e. The third-order valence-electron chi connectivity index (χ3n) is 4.58. The number of rotatable bonds is 14. The van der Waals surface area contributed by atoms with Crippen molar-refractivity contribution in [1.82, 2.24) is 0 Å². The van der Waals surface area contributed by atoms with Gasteiger partial charge in [0.2, 0.25) is 0 Å². The molecule has 0 aromatic heterocycles. The maximum absolute atomic E-state index is 12.1. The summed E-state index contributed by atoms with van der Waals surface area (Å²) in [6.45, 7) is 7.14. The summed E-state index contributed by atoms with van der Waals surface area (Å²) in [6, 6.07) is 16.0. The van der Waals surface area contributed by atoms with Crippen molar-refractivity contribution in [2.24, 2.45) is 0 Å². The molecule has 28 heavy (non-hydrogen) atoms. The summed E-state index contributed by atoms with van der Waals surface area (Å²) in [6.07, 6.45) is 10.0. The number of benzene rings is 2. The number of carbonyl (C=O) groups excluding carboxylic acids is 1. The Kier molecular flexibility index (Phi) is 9.64. The van der Waals surface area contributed by atoms with E-state index in [1.165, 1.54) is 23.7 Å². The predicted octanol–water partition coefficient (Wildman–Crippen LogP) is 6.43. The van der Waals surface area contributed by atoms with Crippen LogP contribution in [0.5, 0.6) is 11.5 Å². The Balaban J connectivity index is 1.57. The normalized spacial score (nSPS) is 10.3. The van der Waals surface area contributed by atoms with Gasteiger partial charge in [-0.15, -0.1) is 0 Å². The number of aryl methyl sites for hydroxylation is 2. The van der Waals surface area contributed by atoms with Gasteiger partial charge in [0.05, 0.1) is 12.5 Å². The molecule has 0 aliphatic carbocycles. The summed E-state index contributed by atoms with van der Waals surface area (Å²) in [4.78, 5) is 12.1. The SMILES string of the molecule is C=COc1cccc(CCCCC(=O)CCCCc2cccc(OC=C)c2)c1. The molecule has 0 bridgehead atoms. The average molecular weight is 379 g/mol. The van der Waals surface area contributed by atoms with Crippen molar-refractivity contribution in [2.45, 2.75) is 51.4 Å². The zero-order chi connectivity index (χ0) is 20.0. The second-order valence-electron chi connectivity index (χ2n) is 6.82. The van der Waals surface area contributed by atoms with Gasteiger partial charge in [0, 0.05) is 12.8 Å². The smallest absolute Gasteiger partial charge is 0.132 e. The van der Waals surface area contributed by atoms with E-state index in [9.17, 15) is 4.79 Å². The molecule has 0 saturated carbocycles. The monoisotopic (exact) mass is 378 g/mol. The molecule has 0 radical (unpaired) electrons. The van der Waals surface area contributed by atoms with Gasteiger partial charge in [-0.25, -0.2) is 0 Å². The molecule has 0 aliphatic rings. The van der Waals surface area contributed by atoms with Crippen LogP contribution in [0.2, 0.25) is 0 Å². The van der Waals surface area contributed by atoms with Crippen molar-refractivity contribution in [3.05, 3.63) is 85.3 Å². The van der Waals surface area contributed by atoms with E-state index in [0.717, 1.165) is 50.0 Å². The summed E-state index contributed by atoms with van der Waals surface area (Å²) in [5.41, 5.74) is 2.46. The van der Waals surface area contributed by atoms with Crippen LogP contribution in [0.25, 0.3) is 0 Å². The summed E-state index contributed by atoms with van der Waals surface area (Å²) >= 11 is 0. The number of unbranched alkanes of at least 4 members (excludes halogenated alkanes) is 2. The molecular formula is C25H30O3. The lowest BCUT2D eigenvalue weighted by atomic mass is 10.0. The maximum atomic E-state index is 12.1. The molecule has 0 saturated heterocycles. The number of ether oxygens (including phenoxy) is 2. The minimum absolute atomic E-state index is 0.368. The van der Waals surface area contributed by atoms with E-state index in [4.69, 9.17) is 9.47 Å². The highest BCUT2D eigenvalue weighted by atomic mass is 16.5. The second kappa shape index (κ2) is 12.6. The van der Waals surface area contributed by atoms with Crippen LogP contribution < -0.4 is 9.47 Å². The Bertz CT molecular complexity index is 700. The van der Waals surface area contributed by atoms with Crippen LogP contribution >= 0.6 is 0 Å². The fourth-order valence-corrected chi connectivity index (χ4v) is 3.17. The molecule has 0 atom stereocenters. The fraction of sp³-hybridized carbons (Fsp3) is 0.320. The first-order valence-electron chi connectivity index (χ1n) is 9.96. The van der Waals surface area contributed by atoms with Gasteiger partial charge < -0.3 is 9.47 Å². The molecule has 0 aliphatic heterocycles. The number of hydrogen-bond donors (Lipinski definition) is 0. The molecule has 2 aromatic carbocycles. The Labute approximate surface area is 168 Å². The van der Waals surface area contributed by atoms with Gasteiger partial charge in [-0.05, 0) is 73.9 Å². The van der Waals surface area contributed by atoms with E-state index in [-0.39, 0.29) is 0 Å². The van der Waals surface area contributed by atoms with Crippen molar-refractivity contribution >= 4 is 5.78 Å². The zero-order valence-corrected chi connectivity index (χ0v) is 16.6. The van der Waals surface area contributed by atoms with Crippen LogP contribution in [0.3, 0.4) is 0 Å². The topological polar surface area (TPSA) is 35.5 Å². The van der Waals surface area contributed by atoms with E-state index < -0.39 is 0 Å². The molecule has 2 aromatic rings. The van der Waals surface area contributed by atoms with Crippen LogP contribution in [0.1, 0.15) is 49.7 Å². The summed E-state index contributed by atoms with van der Waals surface area (Å²) in [5.74, 6) is 1.99. The molecule has 0 heterocycles. The quantitative estimate of drug-likeness (QED) is 0.281. The highest BCUT2D eigenvalue weighted by Gasteiger charge is 2.04. The minimum atomic E-state index is 0.368. The lowest BCUT2D eigenvalue weighted by Crippen LogP contribution is -1.99. The van der Waals surface area contributed by atoms with Gasteiger partial charge in [0.25, 0.3) is 0 Å². The van der Waals surface area contributed by atoms with Crippen LogP contribution in [0.15, 0.2) is 74.2 Å². The Morgan fingerprint density at radius 3 is 1.64 bits per heavy atom. The van der Waals surface area contributed by atoms with Crippen molar-refractivity contribution in [2.75, 3.05) is 0 Å². The van der Waals surface area contributed by atoms with Crippen LogP contribution in [0.4, 0.5) is 0 Å². The number of ketones is 1. The van der Waals surface area contributed by atoms with E-state index in [2.05, 4.69) is 25.3 Å². The fourth-order valence-electron chi connectivity index (χ4n) is 3.17. The molecule has 0 fully saturated rings. The van der Waals surface area contributed by atoms with Gasteiger partial charge in [-0.3, -0.25) is 4.79 Å². The molecule has 3 nitrogen and oxygen atoms in total. The number of Topliss-reactive ketones (excluding diaryl/α,β-unsaturated/α-hetero) is 1. The van der Waals surface area contributed by atoms with Crippen LogP contribution in [-0.2, 0) is 17.6 Å². The van der Waals surface area contributed by atoms with Gasteiger partial charge in [0.1, 0.15) is 17.3 Å². The van der Waals surface area contributed by atoms with Gasteiger partial charge in [-0.1, -0.05) is 37.4 Å². The lowest BCUT2D eigenvalue weighted by molar-refractivity contribution is -0.119. The molecule has 0 unspecified atom stereocenters. The molecule has 3 heteroatoms. The number of hydrogen-bond acceptors (Lipinski definition) is 3. The Hall–Kier alpha value is -2.81. The first-order valence-corrected chi connectivity index (χ1v) is 9.96. The predicted molar refractivity (Wildman–Crippen MR) is 115 cm³/mol. The molecule has 0 N–H and O–H groups in total. The first kappa shape index (κ1) is 21.5. The third-order valence-corrected chi connectivity index (χ3v) is 4.58. The largest absolute Gasteiger partial charge is 0.466 e. The van der Waals surface area contributed by atoms with Crippen LogP contribution in [-0.4, -0.2) is 5.78 Å². The van der Waals surface area contributed by atoms with E-state index >= 15 is 0 Å². The third kappa shape index (κ3) is 8.26. The highest BCUT2D eigenvalue weighted by Crippen LogP contribution is 2.17. The molecule has 0 amide bonds. The molecule has 0 spiro atoms. The van der Waals surface area contributed by atoms with Crippen molar-refractivity contribution in [3.8, 4) is 11.5 Å². The standard InChI is InChI=1S/C25H30O3/c1-3-27-24-17-9-13-21(19-24)11-5-7-15-23(26)16-8-6-12-22-14-10-18-25(20-22)28-4-2/h3-4,9-10,13-14,17-20H,1-2,5-8,11-12,15-16H2. The van der Waals surface area contributed by atoms with Gasteiger partial charge in [-0.2, -0.15) is 0 Å². The molecule has 148 valence electrons. The summed E-state index contributed by atoms with van der Waals surface area (Å²) in [7, 11) is 0. The summed E-state index contributed by atoms with van der Waals surface area (Å²) < 4.78 is 10.6. The van der Waals surface area contributed by atoms with Crippen LogP contribution in [0, 0.1) is 0 Å². The Morgan fingerprint density at radius 1 is 0.750 bits per heavy atom. The lowest BCUT2D eigenvalue weighted by Gasteiger charge is -2.06. The Morgan fingerprint density at radius 2 is 1.21 bits per heavy atom. The number of carbonyl (C=O) groups is 1. The summed E-state index contributed by atoms with van der Waals surface area (Å²) in [5, 5.41) is 0. The van der Waals surface area contributed by atoms with E-state index in [1.54, 1.807) is 0 Å². The first-order chi connectivity index (χ1) is 13.7. The van der Waals surface area contributed by atoms with E-state index in [0.29, 0.717) is 18.6 Å². The highest BCUT2D eigenvalue weighted by molar-refractivity contribution is 5.78.